The lowest BCUT2D eigenvalue weighted by Gasteiger charge is -2.19. The average molecular weight is 303 g/mol. The first-order chi connectivity index (χ1) is 10.2. The quantitative estimate of drug-likeness (QED) is 0.686. The fourth-order valence-corrected chi connectivity index (χ4v) is 1.84. The van der Waals surface area contributed by atoms with Crippen LogP contribution in [0.3, 0.4) is 0 Å². The topological polar surface area (TPSA) is 47.6 Å². The number of hydrogen-bond donors (Lipinski definition) is 1. The van der Waals surface area contributed by atoms with Gasteiger partial charge in [0.25, 0.3) is 0 Å². The van der Waals surface area contributed by atoms with Crippen molar-refractivity contribution in [1.82, 2.24) is 5.32 Å². The Hall–Kier alpha value is -2.15. The molecule has 0 unspecified atom stereocenters. The minimum Gasteiger partial charge on any atom is -0.496 e. The molecular formula is C18H25NO3. The first-order valence-corrected chi connectivity index (χ1v) is 7.34. The van der Waals surface area contributed by atoms with Gasteiger partial charge in [0.1, 0.15) is 11.4 Å². The molecule has 0 atom stereocenters. The monoisotopic (exact) mass is 303 g/mol. The van der Waals surface area contributed by atoms with E-state index in [0.717, 1.165) is 22.4 Å². The van der Waals surface area contributed by atoms with Crippen molar-refractivity contribution in [1.29, 1.82) is 0 Å². The Balaban J connectivity index is 2.52. The molecule has 0 fully saturated rings. The number of amides is 1. The SMILES string of the molecule is COc1cc(C)c(C#CCCNC(=O)OC(C)(C)C)cc1C. The third kappa shape index (κ3) is 6.09. The van der Waals surface area contributed by atoms with Crippen molar-refractivity contribution in [2.75, 3.05) is 13.7 Å². The van der Waals surface area contributed by atoms with Crippen LogP contribution in [-0.4, -0.2) is 25.3 Å². The van der Waals surface area contributed by atoms with Crippen LogP contribution in [0.4, 0.5) is 4.79 Å². The minimum atomic E-state index is -0.479. The first kappa shape index (κ1) is 17.9. The molecule has 0 saturated heterocycles. The summed E-state index contributed by atoms with van der Waals surface area (Å²) in [5, 5.41) is 2.69. The van der Waals surface area contributed by atoms with Crippen LogP contribution in [-0.2, 0) is 4.74 Å². The second-order valence-corrected chi connectivity index (χ2v) is 6.12. The lowest BCUT2D eigenvalue weighted by atomic mass is 10.0. The fourth-order valence-electron chi connectivity index (χ4n) is 1.84. The van der Waals surface area contributed by atoms with E-state index in [9.17, 15) is 4.79 Å². The van der Waals surface area contributed by atoms with Gasteiger partial charge in [-0.25, -0.2) is 4.79 Å². The van der Waals surface area contributed by atoms with Crippen LogP contribution in [0.15, 0.2) is 12.1 Å². The van der Waals surface area contributed by atoms with Gasteiger partial charge in [-0.3, -0.25) is 0 Å². The molecule has 0 aliphatic heterocycles. The molecule has 0 aromatic heterocycles. The average Bonchev–Trinajstić information content (AvgIpc) is 2.39. The maximum atomic E-state index is 11.5. The van der Waals surface area contributed by atoms with E-state index in [1.54, 1.807) is 7.11 Å². The first-order valence-electron chi connectivity index (χ1n) is 7.34. The highest BCUT2D eigenvalue weighted by Gasteiger charge is 2.15. The molecule has 0 bridgehead atoms. The van der Waals surface area contributed by atoms with Crippen LogP contribution in [0.1, 0.15) is 43.9 Å². The van der Waals surface area contributed by atoms with Crippen molar-refractivity contribution in [3.63, 3.8) is 0 Å². The number of alkyl carbamates (subject to hydrolysis) is 1. The third-order valence-corrected chi connectivity index (χ3v) is 2.88. The number of aryl methyl sites for hydroxylation is 2. The van der Waals surface area contributed by atoms with Gasteiger partial charge in [-0.05, 0) is 57.9 Å². The number of methoxy groups -OCH3 is 1. The molecule has 0 spiro atoms. The predicted octanol–water partition coefficient (Wildman–Crippen LogP) is 3.58. The van der Waals surface area contributed by atoms with E-state index in [-0.39, 0.29) is 0 Å². The zero-order valence-corrected chi connectivity index (χ0v) is 14.3. The van der Waals surface area contributed by atoms with E-state index >= 15 is 0 Å². The van der Waals surface area contributed by atoms with Crippen molar-refractivity contribution < 1.29 is 14.3 Å². The molecule has 0 saturated carbocycles. The molecule has 120 valence electrons. The molecule has 0 aliphatic carbocycles. The third-order valence-electron chi connectivity index (χ3n) is 2.88. The molecule has 1 aromatic rings. The highest BCUT2D eigenvalue weighted by molar-refractivity contribution is 5.67. The molecule has 1 aromatic carbocycles. The number of carbonyl (C=O) groups is 1. The van der Waals surface area contributed by atoms with Gasteiger partial charge >= 0.3 is 6.09 Å². The summed E-state index contributed by atoms with van der Waals surface area (Å²) in [6.07, 6.45) is 0.162. The largest absolute Gasteiger partial charge is 0.496 e. The lowest BCUT2D eigenvalue weighted by Crippen LogP contribution is -2.32. The summed E-state index contributed by atoms with van der Waals surface area (Å²) in [6, 6.07) is 4.00. The van der Waals surface area contributed by atoms with E-state index in [1.165, 1.54) is 0 Å². The molecule has 0 radical (unpaired) electrons. The van der Waals surface area contributed by atoms with Crippen molar-refractivity contribution in [3.05, 3.63) is 28.8 Å². The zero-order valence-electron chi connectivity index (χ0n) is 14.3. The summed E-state index contributed by atoms with van der Waals surface area (Å²) in [6.45, 7) is 9.97. The van der Waals surface area contributed by atoms with Gasteiger partial charge in [0.15, 0.2) is 0 Å². The molecule has 22 heavy (non-hydrogen) atoms. The molecule has 1 rings (SSSR count). The molecule has 1 amide bonds. The lowest BCUT2D eigenvalue weighted by molar-refractivity contribution is 0.0529. The van der Waals surface area contributed by atoms with Crippen molar-refractivity contribution >= 4 is 6.09 Å². The maximum absolute atomic E-state index is 11.5. The predicted molar refractivity (Wildman–Crippen MR) is 88.2 cm³/mol. The van der Waals surface area contributed by atoms with Gasteiger partial charge < -0.3 is 14.8 Å². The van der Waals surface area contributed by atoms with Crippen molar-refractivity contribution in [2.45, 2.75) is 46.6 Å². The van der Waals surface area contributed by atoms with Crippen LogP contribution in [0.25, 0.3) is 0 Å². The zero-order chi connectivity index (χ0) is 16.8. The number of ether oxygens (including phenoxy) is 2. The van der Waals surface area contributed by atoms with Gasteiger partial charge in [-0.15, -0.1) is 0 Å². The van der Waals surface area contributed by atoms with Gasteiger partial charge in [0.2, 0.25) is 0 Å². The van der Waals surface area contributed by atoms with E-state index in [4.69, 9.17) is 9.47 Å². The van der Waals surface area contributed by atoms with Crippen LogP contribution < -0.4 is 10.1 Å². The summed E-state index contributed by atoms with van der Waals surface area (Å²) in [7, 11) is 1.66. The minimum absolute atomic E-state index is 0.411. The Morgan fingerprint density at radius 3 is 2.50 bits per heavy atom. The molecular weight excluding hydrogens is 278 g/mol. The summed E-state index contributed by atoms with van der Waals surface area (Å²) >= 11 is 0. The second kappa shape index (κ2) is 7.74. The normalized spacial score (nSPS) is 10.5. The van der Waals surface area contributed by atoms with Crippen LogP contribution >= 0.6 is 0 Å². The Morgan fingerprint density at radius 1 is 1.23 bits per heavy atom. The van der Waals surface area contributed by atoms with Gasteiger partial charge in [-0.2, -0.15) is 0 Å². The highest BCUT2D eigenvalue weighted by atomic mass is 16.6. The van der Waals surface area contributed by atoms with E-state index in [0.29, 0.717) is 13.0 Å². The maximum Gasteiger partial charge on any atom is 0.407 e. The fraction of sp³-hybridized carbons (Fsp3) is 0.500. The summed E-state index contributed by atoms with van der Waals surface area (Å²) in [5.74, 6) is 7.06. The number of benzene rings is 1. The second-order valence-electron chi connectivity index (χ2n) is 6.12. The molecule has 4 heteroatoms. The Morgan fingerprint density at radius 2 is 1.91 bits per heavy atom. The van der Waals surface area contributed by atoms with Crippen LogP contribution in [0.5, 0.6) is 5.75 Å². The number of carbonyl (C=O) groups excluding carboxylic acids is 1. The van der Waals surface area contributed by atoms with Crippen LogP contribution in [0.2, 0.25) is 0 Å². The van der Waals surface area contributed by atoms with Crippen molar-refractivity contribution in [3.8, 4) is 17.6 Å². The Kier molecular flexibility index (Phi) is 6.30. The molecule has 4 nitrogen and oxygen atoms in total. The summed E-state index contributed by atoms with van der Waals surface area (Å²) in [5.41, 5.74) is 2.64. The molecule has 1 N–H and O–H groups in total. The number of nitrogens with one attached hydrogen (secondary N) is 1. The molecule has 0 heterocycles. The van der Waals surface area contributed by atoms with Crippen LogP contribution in [0, 0.1) is 25.7 Å². The van der Waals surface area contributed by atoms with Gasteiger partial charge in [0.05, 0.1) is 7.11 Å². The van der Waals surface area contributed by atoms with Gasteiger partial charge in [0, 0.05) is 18.5 Å². The smallest absolute Gasteiger partial charge is 0.407 e. The highest BCUT2D eigenvalue weighted by Crippen LogP contribution is 2.21. The van der Waals surface area contributed by atoms with E-state index < -0.39 is 11.7 Å². The van der Waals surface area contributed by atoms with Crippen molar-refractivity contribution in [2.24, 2.45) is 0 Å². The Labute approximate surface area is 133 Å². The number of rotatable bonds is 3. The summed E-state index contributed by atoms with van der Waals surface area (Å²) < 4.78 is 10.4. The summed E-state index contributed by atoms with van der Waals surface area (Å²) in [4.78, 5) is 11.5. The van der Waals surface area contributed by atoms with E-state index in [1.807, 2.05) is 46.8 Å². The molecule has 0 aliphatic rings. The number of hydrogen-bond acceptors (Lipinski definition) is 3. The van der Waals surface area contributed by atoms with E-state index in [2.05, 4.69) is 17.2 Å². The van der Waals surface area contributed by atoms with Gasteiger partial charge in [-0.1, -0.05) is 11.8 Å². The Bertz CT molecular complexity index is 589. The standard InChI is InChI=1S/C18H25NO3/c1-13-12-16(21-6)14(2)11-15(13)9-7-8-10-19-17(20)22-18(3,4)5/h11-12H,8,10H2,1-6H3,(H,19,20).